The number of aromatic nitrogens is 2. The standard InChI is InChI=1S/C17H17N3/c1-3-13-10-16-15(9-12(13)2)17(19-11-18-16)20-14-7-5-4-6-8-14/h4-11H,3H2,1-2H3,(H,18,19,20). The Morgan fingerprint density at radius 1 is 1.05 bits per heavy atom. The number of para-hydroxylation sites is 1. The van der Waals surface area contributed by atoms with Crippen LogP contribution in [0.25, 0.3) is 10.9 Å². The van der Waals surface area contributed by atoms with Crippen molar-refractivity contribution in [2.24, 2.45) is 0 Å². The van der Waals surface area contributed by atoms with E-state index in [1.165, 1.54) is 11.1 Å². The van der Waals surface area contributed by atoms with E-state index in [1.807, 2.05) is 30.3 Å². The molecule has 1 N–H and O–H groups in total. The van der Waals surface area contributed by atoms with Crippen molar-refractivity contribution >= 4 is 22.4 Å². The molecule has 2 aromatic carbocycles. The molecule has 3 nitrogen and oxygen atoms in total. The number of hydrogen-bond acceptors (Lipinski definition) is 3. The molecule has 3 aromatic rings. The lowest BCUT2D eigenvalue weighted by Gasteiger charge is -2.10. The number of nitrogens with one attached hydrogen (secondary N) is 1. The third-order valence-corrected chi connectivity index (χ3v) is 3.51. The van der Waals surface area contributed by atoms with Gasteiger partial charge in [-0.2, -0.15) is 0 Å². The molecule has 0 unspecified atom stereocenters. The van der Waals surface area contributed by atoms with Crippen molar-refractivity contribution in [2.45, 2.75) is 20.3 Å². The van der Waals surface area contributed by atoms with Gasteiger partial charge in [-0.15, -0.1) is 0 Å². The maximum absolute atomic E-state index is 4.38. The lowest BCUT2D eigenvalue weighted by atomic mass is 10.0. The van der Waals surface area contributed by atoms with E-state index in [2.05, 4.69) is 41.3 Å². The van der Waals surface area contributed by atoms with Crippen LogP contribution in [0.1, 0.15) is 18.1 Å². The monoisotopic (exact) mass is 263 g/mol. The summed E-state index contributed by atoms with van der Waals surface area (Å²) in [5.41, 5.74) is 4.64. The molecule has 0 saturated carbocycles. The first-order valence-corrected chi connectivity index (χ1v) is 6.84. The van der Waals surface area contributed by atoms with E-state index in [4.69, 9.17) is 0 Å². The molecular weight excluding hydrogens is 246 g/mol. The zero-order valence-corrected chi connectivity index (χ0v) is 11.7. The fraction of sp³-hybridized carbons (Fsp3) is 0.176. The number of aryl methyl sites for hydroxylation is 2. The maximum Gasteiger partial charge on any atom is 0.141 e. The number of anilines is 2. The average molecular weight is 263 g/mol. The smallest absolute Gasteiger partial charge is 0.141 e. The summed E-state index contributed by atoms with van der Waals surface area (Å²) in [4.78, 5) is 8.76. The normalized spacial score (nSPS) is 10.7. The summed E-state index contributed by atoms with van der Waals surface area (Å²) in [5.74, 6) is 0.854. The molecule has 0 amide bonds. The highest BCUT2D eigenvalue weighted by Gasteiger charge is 2.07. The first kappa shape index (κ1) is 12.6. The van der Waals surface area contributed by atoms with Crippen molar-refractivity contribution in [3.05, 3.63) is 59.9 Å². The van der Waals surface area contributed by atoms with Crippen LogP contribution >= 0.6 is 0 Å². The molecule has 0 fully saturated rings. The highest BCUT2D eigenvalue weighted by molar-refractivity contribution is 5.91. The van der Waals surface area contributed by atoms with Crippen molar-refractivity contribution < 1.29 is 0 Å². The van der Waals surface area contributed by atoms with E-state index in [0.29, 0.717) is 0 Å². The van der Waals surface area contributed by atoms with Gasteiger partial charge in [0.05, 0.1) is 5.52 Å². The second-order valence-electron chi connectivity index (χ2n) is 4.86. The molecule has 0 aliphatic heterocycles. The second kappa shape index (κ2) is 5.29. The van der Waals surface area contributed by atoms with Gasteiger partial charge in [0.2, 0.25) is 0 Å². The first-order chi connectivity index (χ1) is 9.78. The summed E-state index contributed by atoms with van der Waals surface area (Å²) in [6.07, 6.45) is 2.63. The molecule has 100 valence electrons. The Kier molecular flexibility index (Phi) is 3.33. The Morgan fingerprint density at radius 2 is 1.85 bits per heavy atom. The number of fused-ring (bicyclic) bond motifs is 1. The van der Waals surface area contributed by atoms with E-state index in [-0.39, 0.29) is 0 Å². The highest BCUT2D eigenvalue weighted by atomic mass is 15.0. The SMILES string of the molecule is CCc1cc2ncnc(Nc3ccccc3)c2cc1C. The summed E-state index contributed by atoms with van der Waals surface area (Å²) in [6.45, 7) is 4.30. The van der Waals surface area contributed by atoms with Crippen molar-refractivity contribution in [1.82, 2.24) is 9.97 Å². The minimum Gasteiger partial charge on any atom is -0.340 e. The molecule has 1 aromatic heterocycles. The van der Waals surface area contributed by atoms with Crippen LogP contribution in [0, 0.1) is 6.92 Å². The molecule has 0 bridgehead atoms. The lowest BCUT2D eigenvalue weighted by Crippen LogP contribution is -1.97. The third kappa shape index (κ3) is 2.35. The van der Waals surface area contributed by atoms with Crippen LogP contribution < -0.4 is 5.32 Å². The quantitative estimate of drug-likeness (QED) is 0.768. The van der Waals surface area contributed by atoms with Crippen LogP contribution in [-0.4, -0.2) is 9.97 Å². The highest BCUT2D eigenvalue weighted by Crippen LogP contribution is 2.25. The molecule has 0 spiro atoms. The van der Waals surface area contributed by atoms with E-state index >= 15 is 0 Å². The van der Waals surface area contributed by atoms with Crippen molar-refractivity contribution in [3.63, 3.8) is 0 Å². The Hall–Kier alpha value is -2.42. The molecule has 0 aliphatic carbocycles. The van der Waals surface area contributed by atoms with Gasteiger partial charge in [0.25, 0.3) is 0 Å². The van der Waals surface area contributed by atoms with Gasteiger partial charge in [0.1, 0.15) is 12.1 Å². The van der Waals surface area contributed by atoms with Crippen LogP contribution in [0.4, 0.5) is 11.5 Å². The zero-order valence-electron chi connectivity index (χ0n) is 11.7. The number of rotatable bonds is 3. The molecule has 20 heavy (non-hydrogen) atoms. The molecule has 0 atom stereocenters. The van der Waals surface area contributed by atoms with Gasteiger partial charge in [0.15, 0.2) is 0 Å². The summed E-state index contributed by atoms with van der Waals surface area (Å²) in [6, 6.07) is 14.4. The van der Waals surface area contributed by atoms with Gasteiger partial charge in [-0.05, 0) is 48.7 Å². The third-order valence-electron chi connectivity index (χ3n) is 3.51. The Bertz CT molecular complexity index is 736. The fourth-order valence-electron chi connectivity index (χ4n) is 2.39. The van der Waals surface area contributed by atoms with Gasteiger partial charge in [-0.25, -0.2) is 9.97 Å². The van der Waals surface area contributed by atoms with Gasteiger partial charge in [0, 0.05) is 11.1 Å². The molecule has 1 heterocycles. The summed E-state index contributed by atoms with van der Waals surface area (Å²) in [5, 5.41) is 4.42. The predicted octanol–water partition coefficient (Wildman–Crippen LogP) is 4.24. The molecule has 0 aliphatic rings. The second-order valence-corrected chi connectivity index (χ2v) is 4.86. The molecule has 0 radical (unpaired) electrons. The molecule has 3 rings (SSSR count). The first-order valence-electron chi connectivity index (χ1n) is 6.84. The number of benzene rings is 2. The van der Waals surface area contributed by atoms with Crippen LogP contribution in [0.2, 0.25) is 0 Å². The van der Waals surface area contributed by atoms with E-state index < -0.39 is 0 Å². The van der Waals surface area contributed by atoms with E-state index in [9.17, 15) is 0 Å². The summed E-state index contributed by atoms with van der Waals surface area (Å²) < 4.78 is 0. The Morgan fingerprint density at radius 3 is 2.60 bits per heavy atom. The summed E-state index contributed by atoms with van der Waals surface area (Å²) in [7, 11) is 0. The van der Waals surface area contributed by atoms with Crippen molar-refractivity contribution in [1.29, 1.82) is 0 Å². The van der Waals surface area contributed by atoms with Crippen LogP contribution in [0.5, 0.6) is 0 Å². The van der Waals surface area contributed by atoms with Gasteiger partial charge in [-0.1, -0.05) is 25.1 Å². The van der Waals surface area contributed by atoms with Crippen LogP contribution in [0.3, 0.4) is 0 Å². The van der Waals surface area contributed by atoms with Crippen LogP contribution in [0.15, 0.2) is 48.8 Å². The minimum absolute atomic E-state index is 0.854. The minimum atomic E-state index is 0.854. The Balaban J connectivity index is 2.09. The van der Waals surface area contributed by atoms with Crippen LogP contribution in [-0.2, 0) is 6.42 Å². The van der Waals surface area contributed by atoms with Crippen molar-refractivity contribution in [2.75, 3.05) is 5.32 Å². The lowest BCUT2D eigenvalue weighted by molar-refractivity contribution is 1.11. The number of hydrogen-bond donors (Lipinski definition) is 1. The molecule has 3 heteroatoms. The average Bonchev–Trinajstić information content (AvgIpc) is 2.48. The Labute approximate surface area is 118 Å². The van der Waals surface area contributed by atoms with Gasteiger partial charge >= 0.3 is 0 Å². The van der Waals surface area contributed by atoms with E-state index in [0.717, 1.165) is 28.8 Å². The summed E-state index contributed by atoms with van der Waals surface area (Å²) >= 11 is 0. The fourth-order valence-corrected chi connectivity index (χ4v) is 2.39. The molecule has 0 saturated heterocycles. The zero-order chi connectivity index (χ0) is 13.9. The van der Waals surface area contributed by atoms with Crippen molar-refractivity contribution in [3.8, 4) is 0 Å². The maximum atomic E-state index is 4.38. The predicted molar refractivity (Wildman–Crippen MR) is 83.4 cm³/mol. The molecular formula is C17H17N3. The largest absolute Gasteiger partial charge is 0.340 e. The van der Waals surface area contributed by atoms with E-state index in [1.54, 1.807) is 6.33 Å². The topological polar surface area (TPSA) is 37.8 Å². The van der Waals surface area contributed by atoms with Gasteiger partial charge < -0.3 is 5.32 Å². The number of nitrogens with zero attached hydrogens (tertiary/aromatic N) is 2. The van der Waals surface area contributed by atoms with Gasteiger partial charge in [-0.3, -0.25) is 0 Å².